The van der Waals surface area contributed by atoms with E-state index in [0.717, 1.165) is 6.42 Å². The van der Waals surface area contributed by atoms with Crippen LogP contribution in [0.25, 0.3) is 0 Å². The molecule has 0 aromatic heterocycles. The third kappa shape index (κ3) is 6.85. The van der Waals surface area contributed by atoms with Crippen molar-refractivity contribution >= 4 is 17.5 Å². The van der Waals surface area contributed by atoms with Gasteiger partial charge in [-0.1, -0.05) is 13.8 Å². The zero-order valence-electron chi connectivity index (χ0n) is 14.4. The largest absolute Gasteiger partial charge is 0.449 e. The van der Waals surface area contributed by atoms with Crippen molar-refractivity contribution in [1.29, 1.82) is 5.26 Å². The number of carbonyl (C=O) groups is 3. The summed E-state index contributed by atoms with van der Waals surface area (Å²) in [5, 5.41) is 11.6. The number of Topliss-reactive ketones (excluding diaryl/α,β-unsaturated/α-hetero) is 2. The molecule has 0 aromatic rings. The number of rotatable bonds is 8. The van der Waals surface area contributed by atoms with Crippen LogP contribution in [0.1, 0.15) is 52.4 Å². The minimum Gasteiger partial charge on any atom is -0.340 e. The lowest BCUT2D eigenvalue weighted by molar-refractivity contribution is -0.172. The van der Waals surface area contributed by atoms with Crippen LogP contribution in [0.4, 0.5) is 13.2 Å². The van der Waals surface area contributed by atoms with E-state index in [0.29, 0.717) is 12.8 Å². The molecule has 0 aromatic carbocycles. The van der Waals surface area contributed by atoms with E-state index >= 15 is 0 Å². The molecule has 1 N–H and O–H groups in total. The smallest absolute Gasteiger partial charge is 0.340 e. The van der Waals surface area contributed by atoms with E-state index in [2.05, 4.69) is 5.32 Å². The second-order valence-electron chi connectivity index (χ2n) is 6.93. The molecular formula is C17H23F3N2O3. The first-order valence-corrected chi connectivity index (χ1v) is 8.37. The molecule has 0 bridgehead atoms. The van der Waals surface area contributed by atoms with Gasteiger partial charge in [-0.15, -0.1) is 0 Å². The van der Waals surface area contributed by atoms with E-state index in [9.17, 15) is 32.8 Å². The maximum Gasteiger partial charge on any atom is 0.449 e. The van der Waals surface area contributed by atoms with E-state index < -0.39 is 36.2 Å². The van der Waals surface area contributed by atoms with Gasteiger partial charge in [-0.05, 0) is 31.6 Å². The number of ketones is 2. The minimum atomic E-state index is -4.99. The Morgan fingerprint density at radius 2 is 2.00 bits per heavy atom. The summed E-state index contributed by atoms with van der Waals surface area (Å²) in [7, 11) is 0. The highest BCUT2D eigenvalue weighted by atomic mass is 19.4. The SMILES string of the molecule is CC(C)C[C@H](CC(=O)C(F)(F)F)C(=O)N[C@H](C#N)C[C@@H]1CCCC1=O. The first kappa shape index (κ1) is 21.1. The monoisotopic (exact) mass is 360 g/mol. The third-order valence-electron chi connectivity index (χ3n) is 4.30. The second-order valence-corrected chi connectivity index (χ2v) is 6.93. The number of halogens is 3. The van der Waals surface area contributed by atoms with Crippen molar-refractivity contribution in [3.63, 3.8) is 0 Å². The summed E-state index contributed by atoms with van der Waals surface area (Å²) in [6, 6.07) is 0.932. The lowest BCUT2D eigenvalue weighted by atomic mass is 9.90. The molecule has 1 aliphatic carbocycles. The van der Waals surface area contributed by atoms with Crippen LogP contribution in [-0.4, -0.2) is 29.7 Å². The first-order chi connectivity index (χ1) is 11.5. The molecule has 0 heterocycles. The zero-order valence-corrected chi connectivity index (χ0v) is 14.4. The highest BCUT2D eigenvalue weighted by Gasteiger charge is 2.41. The Hall–Kier alpha value is -1.91. The number of alkyl halides is 3. The molecule has 0 aliphatic heterocycles. The molecule has 0 spiro atoms. The van der Waals surface area contributed by atoms with E-state index in [-0.39, 0.29) is 30.5 Å². The first-order valence-electron chi connectivity index (χ1n) is 8.37. The van der Waals surface area contributed by atoms with Crippen molar-refractivity contribution in [2.75, 3.05) is 0 Å². The van der Waals surface area contributed by atoms with E-state index in [4.69, 9.17) is 0 Å². The molecule has 1 amide bonds. The number of hydrogen-bond acceptors (Lipinski definition) is 4. The highest BCUT2D eigenvalue weighted by molar-refractivity contribution is 5.90. The van der Waals surface area contributed by atoms with Crippen LogP contribution >= 0.6 is 0 Å². The third-order valence-corrected chi connectivity index (χ3v) is 4.30. The van der Waals surface area contributed by atoms with Crippen LogP contribution in [0.5, 0.6) is 0 Å². The fourth-order valence-electron chi connectivity index (χ4n) is 3.05. The van der Waals surface area contributed by atoms with Gasteiger partial charge in [0.15, 0.2) is 0 Å². The Morgan fingerprint density at radius 1 is 1.36 bits per heavy atom. The van der Waals surface area contributed by atoms with Gasteiger partial charge in [-0.2, -0.15) is 18.4 Å². The lowest BCUT2D eigenvalue weighted by Crippen LogP contribution is -2.41. The van der Waals surface area contributed by atoms with Crippen LogP contribution in [-0.2, 0) is 14.4 Å². The van der Waals surface area contributed by atoms with E-state index in [1.165, 1.54) is 0 Å². The number of nitriles is 1. The number of carbonyl (C=O) groups excluding carboxylic acids is 3. The zero-order chi connectivity index (χ0) is 19.2. The molecule has 1 saturated carbocycles. The van der Waals surface area contributed by atoms with Gasteiger partial charge in [-0.25, -0.2) is 0 Å². The number of hydrogen-bond donors (Lipinski definition) is 1. The van der Waals surface area contributed by atoms with Crippen molar-refractivity contribution in [1.82, 2.24) is 5.32 Å². The Bertz CT molecular complexity index is 552. The standard InChI is InChI=1S/C17H23F3N2O3/c1-10(2)6-12(8-15(24)17(18,19)20)16(25)22-13(9-21)7-11-4-3-5-14(11)23/h10-13H,3-8H2,1-2H3,(H,22,25)/t11-,12+,13-/m0/s1. The average molecular weight is 360 g/mol. The highest BCUT2D eigenvalue weighted by Crippen LogP contribution is 2.27. The predicted octanol–water partition coefficient (Wildman–Crippen LogP) is 2.94. The summed E-state index contributed by atoms with van der Waals surface area (Å²) in [6.07, 6.45) is -3.82. The Labute approximate surface area is 144 Å². The predicted molar refractivity (Wildman–Crippen MR) is 83.1 cm³/mol. The van der Waals surface area contributed by atoms with Gasteiger partial charge in [0.05, 0.1) is 6.07 Å². The van der Waals surface area contributed by atoms with Crippen LogP contribution < -0.4 is 5.32 Å². The minimum absolute atomic E-state index is 0.0421. The average Bonchev–Trinajstić information content (AvgIpc) is 2.89. The van der Waals surface area contributed by atoms with Crippen LogP contribution in [0.3, 0.4) is 0 Å². The Kier molecular flexibility index (Phi) is 7.59. The fraction of sp³-hybridized carbons (Fsp3) is 0.765. The Balaban J connectivity index is 2.73. The molecule has 25 heavy (non-hydrogen) atoms. The topological polar surface area (TPSA) is 87.0 Å². The van der Waals surface area contributed by atoms with Gasteiger partial charge in [0.25, 0.3) is 0 Å². The molecule has 1 fully saturated rings. The molecule has 0 radical (unpaired) electrons. The van der Waals surface area contributed by atoms with Crippen molar-refractivity contribution in [3.8, 4) is 6.07 Å². The van der Waals surface area contributed by atoms with Gasteiger partial charge >= 0.3 is 6.18 Å². The Morgan fingerprint density at radius 3 is 2.44 bits per heavy atom. The van der Waals surface area contributed by atoms with Gasteiger partial charge in [0.1, 0.15) is 11.8 Å². The second kappa shape index (κ2) is 8.97. The van der Waals surface area contributed by atoms with Crippen molar-refractivity contribution < 1.29 is 27.6 Å². The molecule has 3 atom stereocenters. The normalized spacial score (nSPS) is 20.2. The van der Waals surface area contributed by atoms with Crippen LogP contribution in [0, 0.1) is 29.1 Å². The number of nitrogens with zero attached hydrogens (tertiary/aromatic N) is 1. The van der Waals surface area contributed by atoms with E-state index in [1.54, 1.807) is 13.8 Å². The summed E-state index contributed by atoms with van der Waals surface area (Å²) in [5.41, 5.74) is 0. The molecule has 8 heteroatoms. The summed E-state index contributed by atoms with van der Waals surface area (Å²) >= 11 is 0. The van der Waals surface area contributed by atoms with E-state index in [1.807, 2.05) is 6.07 Å². The van der Waals surface area contributed by atoms with Crippen LogP contribution in [0.2, 0.25) is 0 Å². The van der Waals surface area contributed by atoms with Gasteiger partial charge in [-0.3, -0.25) is 14.4 Å². The molecule has 1 rings (SSSR count). The van der Waals surface area contributed by atoms with Crippen molar-refractivity contribution in [2.45, 2.75) is 64.6 Å². The lowest BCUT2D eigenvalue weighted by Gasteiger charge is -2.21. The van der Waals surface area contributed by atoms with Crippen molar-refractivity contribution in [2.24, 2.45) is 17.8 Å². The van der Waals surface area contributed by atoms with Crippen LogP contribution in [0.15, 0.2) is 0 Å². The van der Waals surface area contributed by atoms with Crippen molar-refractivity contribution in [3.05, 3.63) is 0 Å². The molecule has 1 aliphatic rings. The number of nitrogens with one attached hydrogen (secondary N) is 1. The molecule has 0 unspecified atom stereocenters. The molecule has 140 valence electrons. The fourth-order valence-corrected chi connectivity index (χ4v) is 3.05. The van der Waals surface area contributed by atoms with Gasteiger partial charge in [0, 0.05) is 24.7 Å². The quantitative estimate of drug-likeness (QED) is 0.721. The number of amides is 1. The molecule has 5 nitrogen and oxygen atoms in total. The maximum atomic E-state index is 12.5. The summed E-state index contributed by atoms with van der Waals surface area (Å²) in [4.78, 5) is 35.2. The maximum absolute atomic E-state index is 12.5. The molecular weight excluding hydrogens is 337 g/mol. The molecule has 0 saturated heterocycles. The van der Waals surface area contributed by atoms with Gasteiger partial charge < -0.3 is 5.32 Å². The summed E-state index contributed by atoms with van der Waals surface area (Å²) in [5.74, 6) is -4.19. The summed E-state index contributed by atoms with van der Waals surface area (Å²) in [6.45, 7) is 3.47. The summed E-state index contributed by atoms with van der Waals surface area (Å²) < 4.78 is 37.4. The van der Waals surface area contributed by atoms with Gasteiger partial charge in [0.2, 0.25) is 11.7 Å².